The van der Waals surface area contributed by atoms with Crippen LogP contribution < -0.4 is 5.56 Å². The van der Waals surface area contributed by atoms with Gasteiger partial charge in [-0.2, -0.15) is 0 Å². The third-order valence-electron chi connectivity index (χ3n) is 4.26. The SMILES string of the molecule is O=C1OCC2(CCN(Cc3nc4ccsc4c(=O)[nH]3)CC2)O1. The molecule has 2 aliphatic heterocycles. The Kier molecular flexibility index (Phi) is 3.16. The number of fused-ring (bicyclic) bond motifs is 1. The number of thiophene rings is 1. The zero-order valence-electron chi connectivity index (χ0n) is 11.8. The normalized spacial score (nSPS) is 21.2. The van der Waals surface area contributed by atoms with Gasteiger partial charge in [-0.05, 0) is 11.4 Å². The summed E-state index contributed by atoms with van der Waals surface area (Å²) in [4.78, 5) is 32.6. The number of aromatic nitrogens is 2. The van der Waals surface area contributed by atoms with E-state index in [2.05, 4.69) is 14.9 Å². The first-order chi connectivity index (χ1) is 10.6. The van der Waals surface area contributed by atoms with Gasteiger partial charge in [0.1, 0.15) is 17.1 Å². The lowest BCUT2D eigenvalue weighted by Gasteiger charge is -2.35. The minimum Gasteiger partial charge on any atom is -0.430 e. The Hall–Kier alpha value is -1.93. The highest BCUT2D eigenvalue weighted by atomic mass is 32.1. The first-order valence-corrected chi connectivity index (χ1v) is 8.06. The maximum absolute atomic E-state index is 12.0. The van der Waals surface area contributed by atoms with Gasteiger partial charge in [0.15, 0.2) is 5.60 Å². The van der Waals surface area contributed by atoms with E-state index in [4.69, 9.17) is 9.47 Å². The molecule has 7 nitrogen and oxygen atoms in total. The van der Waals surface area contributed by atoms with Gasteiger partial charge in [0, 0.05) is 25.9 Å². The summed E-state index contributed by atoms with van der Waals surface area (Å²) >= 11 is 1.40. The van der Waals surface area contributed by atoms with Crippen molar-refractivity contribution in [3.05, 3.63) is 27.6 Å². The van der Waals surface area contributed by atoms with Gasteiger partial charge in [0.05, 0.1) is 12.1 Å². The van der Waals surface area contributed by atoms with Crippen molar-refractivity contribution in [3.63, 3.8) is 0 Å². The van der Waals surface area contributed by atoms with E-state index in [1.807, 2.05) is 11.4 Å². The molecule has 0 aliphatic carbocycles. The Morgan fingerprint density at radius 1 is 1.36 bits per heavy atom. The molecular formula is C14H15N3O4S. The number of cyclic esters (lactones) is 1. The van der Waals surface area contributed by atoms with Crippen LogP contribution in [0.25, 0.3) is 10.2 Å². The molecule has 116 valence electrons. The number of ether oxygens (including phenoxy) is 2. The molecular weight excluding hydrogens is 306 g/mol. The van der Waals surface area contributed by atoms with Crippen LogP contribution in [0.1, 0.15) is 18.7 Å². The number of piperidine rings is 1. The molecule has 4 heterocycles. The second kappa shape index (κ2) is 5.06. The Balaban J connectivity index is 1.45. The zero-order chi connectivity index (χ0) is 15.2. The van der Waals surface area contributed by atoms with E-state index < -0.39 is 11.8 Å². The van der Waals surface area contributed by atoms with E-state index in [0.29, 0.717) is 23.7 Å². The van der Waals surface area contributed by atoms with Gasteiger partial charge >= 0.3 is 6.16 Å². The smallest absolute Gasteiger partial charge is 0.430 e. The van der Waals surface area contributed by atoms with Crippen molar-refractivity contribution in [3.8, 4) is 0 Å². The average molecular weight is 321 g/mol. The summed E-state index contributed by atoms with van der Waals surface area (Å²) in [5.41, 5.74) is 0.211. The Labute approximate surface area is 129 Å². The summed E-state index contributed by atoms with van der Waals surface area (Å²) in [5.74, 6) is 0.673. The van der Waals surface area contributed by atoms with Gasteiger partial charge in [0.25, 0.3) is 5.56 Å². The van der Waals surface area contributed by atoms with Gasteiger partial charge in [-0.25, -0.2) is 9.78 Å². The van der Waals surface area contributed by atoms with Crippen molar-refractivity contribution >= 4 is 27.7 Å². The Morgan fingerprint density at radius 3 is 2.91 bits per heavy atom. The summed E-state index contributed by atoms with van der Waals surface area (Å²) < 4.78 is 10.9. The molecule has 22 heavy (non-hydrogen) atoms. The number of nitrogens with one attached hydrogen (secondary N) is 1. The summed E-state index contributed by atoms with van der Waals surface area (Å²) in [5, 5.41) is 1.87. The monoisotopic (exact) mass is 321 g/mol. The first-order valence-electron chi connectivity index (χ1n) is 7.18. The van der Waals surface area contributed by atoms with Crippen molar-refractivity contribution in [2.45, 2.75) is 25.0 Å². The second-order valence-corrected chi connectivity index (χ2v) is 6.66. The van der Waals surface area contributed by atoms with E-state index in [1.54, 1.807) is 0 Å². The Morgan fingerprint density at radius 2 is 2.18 bits per heavy atom. The minimum absolute atomic E-state index is 0.0818. The Bertz CT molecular complexity index is 776. The van der Waals surface area contributed by atoms with Crippen LogP contribution in [0.2, 0.25) is 0 Å². The summed E-state index contributed by atoms with van der Waals surface area (Å²) in [6.07, 6.45) is 0.912. The van der Waals surface area contributed by atoms with Crippen LogP contribution in [0.15, 0.2) is 16.2 Å². The molecule has 1 N–H and O–H groups in total. The topological polar surface area (TPSA) is 84.5 Å². The van der Waals surface area contributed by atoms with Gasteiger partial charge in [0.2, 0.25) is 0 Å². The third kappa shape index (κ3) is 2.38. The number of aromatic amines is 1. The van der Waals surface area contributed by atoms with Crippen molar-refractivity contribution in [1.29, 1.82) is 0 Å². The van der Waals surface area contributed by atoms with E-state index in [9.17, 15) is 9.59 Å². The van der Waals surface area contributed by atoms with Crippen LogP contribution in [0.5, 0.6) is 0 Å². The lowest BCUT2D eigenvalue weighted by atomic mass is 9.92. The van der Waals surface area contributed by atoms with E-state index >= 15 is 0 Å². The van der Waals surface area contributed by atoms with Crippen LogP contribution >= 0.6 is 11.3 Å². The molecule has 0 radical (unpaired) electrons. The molecule has 2 saturated heterocycles. The molecule has 4 rings (SSSR count). The highest BCUT2D eigenvalue weighted by Crippen LogP contribution is 2.31. The minimum atomic E-state index is -0.567. The van der Waals surface area contributed by atoms with E-state index in [0.717, 1.165) is 31.4 Å². The predicted octanol–water partition coefficient (Wildman–Crippen LogP) is 1.49. The number of nitrogens with zero attached hydrogens (tertiary/aromatic N) is 2. The van der Waals surface area contributed by atoms with Gasteiger partial charge in [-0.3, -0.25) is 9.69 Å². The van der Waals surface area contributed by atoms with Crippen LogP contribution in [0.4, 0.5) is 4.79 Å². The maximum Gasteiger partial charge on any atom is 0.509 e. The number of carbonyl (C=O) groups excluding carboxylic acids is 1. The van der Waals surface area contributed by atoms with Gasteiger partial charge in [-0.15, -0.1) is 11.3 Å². The molecule has 0 saturated carbocycles. The molecule has 0 atom stereocenters. The first kappa shape index (κ1) is 13.7. The highest BCUT2D eigenvalue weighted by Gasteiger charge is 2.44. The van der Waals surface area contributed by atoms with Crippen LogP contribution in [0, 0.1) is 0 Å². The number of hydrogen-bond acceptors (Lipinski definition) is 7. The van der Waals surface area contributed by atoms with Crippen molar-refractivity contribution in [1.82, 2.24) is 14.9 Å². The number of carbonyl (C=O) groups is 1. The molecule has 0 amide bonds. The predicted molar refractivity (Wildman–Crippen MR) is 79.9 cm³/mol. The van der Waals surface area contributed by atoms with Crippen LogP contribution in [0.3, 0.4) is 0 Å². The summed E-state index contributed by atoms with van der Waals surface area (Å²) in [6, 6.07) is 1.86. The number of hydrogen-bond donors (Lipinski definition) is 1. The molecule has 2 fully saturated rings. The molecule has 2 aliphatic rings. The molecule has 2 aromatic rings. The molecule has 8 heteroatoms. The van der Waals surface area contributed by atoms with Crippen molar-refractivity contribution < 1.29 is 14.3 Å². The lowest BCUT2D eigenvalue weighted by Crippen LogP contribution is -2.45. The number of likely N-dealkylation sites (tertiary alicyclic amines) is 1. The zero-order valence-corrected chi connectivity index (χ0v) is 12.6. The largest absolute Gasteiger partial charge is 0.509 e. The van der Waals surface area contributed by atoms with Gasteiger partial charge < -0.3 is 14.5 Å². The fourth-order valence-electron chi connectivity index (χ4n) is 3.00. The second-order valence-electron chi connectivity index (χ2n) is 5.75. The van der Waals surface area contributed by atoms with Crippen LogP contribution in [-0.4, -0.2) is 46.3 Å². The van der Waals surface area contributed by atoms with Crippen LogP contribution in [-0.2, 0) is 16.0 Å². The quantitative estimate of drug-likeness (QED) is 0.844. The standard InChI is InChI=1S/C14H15N3O4S/c18-12-11-9(1-6-22-11)15-10(16-12)7-17-4-2-14(3-5-17)8-20-13(19)21-14/h1,6H,2-5,7-8H2,(H,15,16,18). The molecule has 1 spiro atoms. The fraction of sp³-hybridized carbons (Fsp3) is 0.500. The van der Waals surface area contributed by atoms with Crippen molar-refractivity contribution in [2.24, 2.45) is 0 Å². The van der Waals surface area contributed by atoms with Crippen molar-refractivity contribution in [2.75, 3.05) is 19.7 Å². The lowest BCUT2D eigenvalue weighted by molar-refractivity contribution is -0.00219. The third-order valence-corrected chi connectivity index (χ3v) is 5.16. The molecule has 0 unspecified atom stereocenters. The van der Waals surface area contributed by atoms with E-state index in [1.165, 1.54) is 11.3 Å². The fourth-order valence-corrected chi connectivity index (χ4v) is 3.73. The summed E-state index contributed by atoms with van der Waals surface area (Å²) in [7, 11) is 0. The molecule has 2 aromatic heterocycles. The maximum atomic E-state index is 12.0. The molecule has 0 aromatic carbocycles. The number of H-pyrrole nitrogens is 1. The van der Waals surface area contributed by atoms with E-state index in [-0.39, 0.29) is 5.56 Å². The number of rotatable bonds is 2. The summed E-state index contributed by atoms with van der Waals surface area (Å²) in [6.45, 7) is 2.49. The molecule has 0 bridgehead atoms. The van der Waals surface area contributed by atoms with Gasteiger partial charge in [-0.1, -0.05) is 0 Å². The highest BCUT2D eigenvalue weighted by molar-refractivity contribution is 7.17. The average Bonchev–Trinajstić information content (AvgIpc) is 3.09.